The molecule has 0 spiro atoms. The lowest BCUT2D eigenvalue weighted by Crippen LogP contribution is -2.36. The Morgan fingerprint density at radius 1 is 1.38 bits per heavy atom. The smallest absolute Gasteiger partial charge is 0.172 e. The predicted molar refractivity (Wildman–Crippen MR) is 102 cm³/mol. The summed E-state index contributed by atoms with van der Waals surface area (Å²) in [6.45, 7) is 6.00. The highest BCUT2D eigenvalue weighted by atomic mass is 79.9. The normalized spacial score (nSPS) is 21.8. The lowest BCUT2D eigenvalue weighted by atomic mass is 9.69. The second-order valence-corrected chi connectivity index (χ2v) is 8.45. The van der Waals surface area contributed by atoms with Gasteiger partial charge in [-0.05, 0) is 52.4 Å². The summed E-state index contributed by atoms with van der Waals surface area (Å²) in [5.74, 6) is -0.119. The maximum absolute atomic E-state index is 13.0. The predicted octanol–water partition coefficient (Wildman–Crippen LogP) is 4.29. The summed E-state index contributed by atoms with van der Waals surface area (Å²) < 4.78 is 5.72. The lowest BCUT2D eigenvalue weighted by Gasteiger charge is -2.38. The Bertz CT molecular complexity index is 906. The van der Waals surface area contributed by atoms with Crippen molar-refractivity contribution in [2.24, 2.45) is 5.41 Å². The van der Waals surface area contributed by atoms with Crippen LogP contribution in [0.15, 0.2) is 39.1 Å². The van der Waals surface area contributed by atoms with E-state index in [1.807, 2.05) is 6.92 Å². The minimum absolute atomic E-state index is 0.00491. The number of ketones is 1. The average molecular weight is 417 g/mol. The summed E-state index contributed by atoms with van der Waals surface area (Å²) in [6, 6.07) is 5.70. The fourth-order valence-electron chi connectivity index (χ4n) is 3.83. The molecule has 1 aliphatic heterocycles. The van der Waals surface area contributed by atoms with Crippen molar-refractivity contribution in [2.75, 3.05) is 7.11 Å². The van der Waals surface area contributed by atoms with Gasteiger partial charge in [0.25, 0.3) is 0 Å². The van der Waals surface area contributed by atoms with Gasteiger partial charge in [0.05, 0.1) is 29.1 Å². The first-order valence-electron chi connectivity index (χ1n) is 8.39. The van der Waals surface area contributed by atoms with Crippen molar-refractivity contribution < 1.29 is 14.6 Å². The number of rotatable bonds is 2. The molecule has 0 fully saturated rings. The number of nitrogens with zero attached hydrogens (tertiary/aromatic N) is 1. The second-order valence-electron chi connectivity index (χ2n) is 7.60. The van der Waals surface area contributed by atoms with E-state index in [2.05, 4.69) is 41.2 Å². The standard InChI is InChI=1S/C20H21BrN2O3/c1-10-12(9-22)17(11-5-13(21)19(25)16(6-11)26-4)18-14(23-10)7-20(2,3)8-15(18)24/h5-6,17,23,25H,7-8H2,1-4H3/t17-/m1/s1. The van der Waals surface area contributed by atoms with E-state index in [0.717, 1.165) is 23.4 Å². The highest BCUT2D eigenvalue weighted by Gasteiger charge is 2.41. The maximum Gasteiger partial charge on any atom is 0.172 e. The van der Waals surface area contributed by atoms with Gasteiger partial charge in [-0.2, -0.15) is 5.26 Å². The lowest BCUT2D eigenvalue weighted by molar-refractivity contribution is -0.118. The summed E-state index contributed by atoms with van der Waals surface area (Å²) in [5, 5.41) is 23.1. The number of benzene rings is 1. The Kier molecular flexibility index (Phi) is 4.61. The van der Waals surface area contributed by atoms with Crippen molar-refractivity contribution in [2.45, 2.75) is 39.5 Å². The van der Waals surface area contributed by atoms with Gasteiger partial charge in [0.15, 0.2) is 17.3 Å². The van der Waals surface area contributed by atoms with Crippen LogP contribution in [0, 0.1) is 16.7 Å². The minimum atomic E-state index is -0.467. The number of nitrogens with one attached hydrogen (secondary N) is 1. The number of carbonyl (C=O) groups excluding carboxylic acids is 1. The molecule has 1 heterocycles. The Hall–Kier alpha value is -2.26. The molecular formula is C20H21BrN2O3. The zero-order valence-electron chi connectivity index (χ0n) is 15.2. The summed E-state index contributed by atoms with van der Waals surface area (Å²) in [4.78, 5) is 13.0. The van der Waals surface area contributed by atoms with Crippen LogP contribution in [0.1, 0.15) is 45.1 Å². The zero-order chi connectivity index (χ0) is 19.2. The summed E-state index contributed by atoms with van der Waals surface area (Å²) in [5.41, 5.74) is 3.42. The molecule has 0 aromatic heterocycles. The first kappa shape index (κ1) is 18.5. The van der Waals surface area contributed by atoms with Gasteiger partial charge in [0.2, 0.25) is 0 Å². The van der Waals surface area contributed by atoms with Crippen LogP contribution in [0.3, 0.4) is 0 Å². The number of aromatic hydroxyl groups is 1. The Morgan fingerprint density at radius 2 is 2.08 bits per heavy atom. The van der Waals surface area contributed by atoms with Crippen LogP contribution < -0.4 is 10.1 Å². The number of ether oxygens (including phenoxy) is 1. The molecule has 0 bridgehead atoms. The molecule has 0 amide bonds. The number of hydrogen-bond donors (Lipinski definition) is 2. The van der Waals surface area contributed by atoms with Gasteiger partial charge in [0.1, 0.15) is 0 Å². The van der Waals surface area contributed by atoms with E-state index in [1.54, 1.807) is 12.1 Å². The van der Waals surface area contributed by atoms with Gasteiger partial charge in [0, 0.05) is 23.4 Å². The molecule has 0 radical (unpaired) electrons. The van der Waals surface area contributed by atoms with E-state index in [0.29, 0.717) is 27.8 Å². The molecule has 0 saturated heterocycles. The third-order valence-corrected chi connectivity index (χ3v) is 5.57. The number of hydrogen-bond acceptors (Lipinski definition) is 5. The van der Waals surface area contributed by atoms with Gasteiger partial charge in [-0.15, -0.1) is 0 Å². The van der Waals surface area contributed by atoms with Gasteiger partial charge >= 0.3 is 0 Å². The first-order valence-corrected chi connectivity index (χ1v) is 9.18. The number of carbonyl (C=O) groups is 1. The molecule has 1 aromatic rings. The second kappa shape index (κ2) is 6.48. The van der Waals surface area contributed by atoms with Crippen LogP contribution in [0.4, 0.5) is 0 Å². The summed E-state index contributed by atoms with van der Waals surface area (Å²) in [7, 11) is 1.47. The van der Waals surface area contributed by atoms with E-state index >= 15 is 0 Å². The van der Waals surface area contributed by atoms with E-state index in [-0.39, 0.29) is 16.9 Å². The number of nitriles is 1. The molecule has 1 aliphatic carbocycles. The number of phenols is 1. The van der Waals surface area contributed by atoms with Crippen LogP contribution in [-0.2, 0) is 4.79 Å². The quantitative estimate of drug-likeness (QED) is 0.750. The molecule has 0 unspecified atom stereocenters. The van der Waals surface area contributed by atoms with Crippen LogP contribution in [0.2, 0.25) is 0 Å². The van der Waals surface area contributed by atoms with Crippen molar-refractivity contribution in [1.29, 1.82) is 5.26 Å². The van der Waals surface area contributed by atoms with Crippen molar-refractivity contribution in [1.82, 2.24) is 5.32 Å². The van der Waals surface area contributed by atoms with Crippen molar-refractivity contribution in [3.63, 3.8) is 0 Å². The number of allylic oxidation sites excluding steroid dienone is 4. The highest BCUT2D eigenvalue weighted by molar-refractivity contribution is 9.10. The molecule has 0 saturated carbocycles. The Morgan fingerprint density at radius 3 is 2.69 bits per heavy atom. The molecular weight excluding hydrogens is 396 g/mol. The monoisotopic (exact) mass is 416 g/mol. The van der Waals surface area contributed by atoms with Crippen LogP contribution in [0.5, 0.6) is 11.5 Å². The van der Waals surface area contributed by atoms with Gasteiger partial charge in [-0.3, -0.25) is 4.79 Å². The molecule has 136 valence electrons. The number of halogens is 1. The molecule has 26 heavy (non-hydrogen) atoms. The van der Waals surface area contributed by atoms with Crippen molar-refractivity contribution in [3.05, 3.63) is 44.7 Å². The van der Waals surface area contributed by atoms with E-state index in [4.69, 9.17) is 4.74 Å². The average Bonchev–Trinajstić information content (AvgIpc) is 2.54. The number of dihydropyridines is 1. The zero-order valence-corrected chi connectivity index (χ0v) is 16.8. The van der Waals surface area contributed by atoms with Gasteiger partial charge < -0.3 is 15.2 Å². The maximum atomic E-state index is 13.0. The van der Waals surface area contributed by atoms with E-state index < -0.39 is 5.92 Å². The molecule has 2 aliphatic rings. The minimum Gasteiger partial charge on any atom is -0.503 e. The molecule has 3 rings (SSSR count). The van der Waals surface area contributed by atoms with Crippen LogP contribution in [0.25, 0.3) is 0 Å². The van der Waals surface area contributed by atoms with Crippen molar-refractivity contribution in [3.8, 4) is 17.6 Å². The van der Waals surface area contributed by atoms with Crippen molar-refractivity contribution >= 4 is 21.7 Å². The number of methoxy groups -OCH3 is 1. The summed E-state index contributed by atoms with van der Waals surface area (Å²) in [6.07, 6.45) is 1.19. The number of Topliss-reactive ketones (excluding diaryl/α,β-unsaturated/α-hetero) is 1. The first-order chi connectivity index (χ1) is 12.2. The molecule has 5 nitrogen and oxygen atoms in total. The highest BCUT2D eigenvalue weighted by Crippen LogP contribution is 2.48. The molecule has 1 aromatic carbocycles. The SMILES string of the molecule is COc1cc([C@@H]2C(C#N)=C(C)NC3=C2C(=O)CC(C)(C)C3)cc(Br)c1O. The van der Waals surface area contributed by atoms with Gasteiger partial charge in [-0.25, -0.2) is 0 Å². The van der Waals surface area contributed by atoms with Gasteiger partial charge in [-0.1, -0.05) is 13.8 Å². The van der Waals surface area contributed by atoms with E-state index in [9.17, 15) is 15.2 Å². The van der Waals surface area contributed by atoms with Crippen LogP contribution in [-0.4, -0.2) is 18.0 Å². The Balaban J connectivity index is 2.24. The third kappa shape index (κ3) is 3.01. The molecule has 6 heteroatoms. The topological polar surface area (TPSA) is 82.3 Å². The fraction of sp³-hybridized carbons (Fsp3) is 0.400. The van der Waals surface area contributed by atoms with Crippen LogP contribution >= 0.6 is 15.9 Å². The number of phenolic OH excluding ortho intramolecular Hbond substituents is 1. The van der Waals surface area contributed by atoms with E-state index in [1.165, 1.54) is 7.11 Å². The largest absolute Gasteiger partial charge is 0.503 e. The molecule has 2 N–H and O–H groups in total. The molecule has 1 atom stereocenters. The third-order valence-electron chi connectivity index (χ3n) is 4.96. The fourth-order valence-corrected chi connectivity index (χ4v) is 4.29. The summed E-state index contributed by atoms with van der Waals surface area (Å²) >= 11 is 3.34. The Labute approximate surface area is 161 Å².